The number of carbonyl (C=O) groups is 1. The van der Waals surface area contributed by atoms with Crippen molar-refractivity contribution in [1.82, 2.24) is 9.55 Å². The maximum Gasteiger partial charge on any atom is 0.152 e. The molecule has 0 spiro atoms. The van der Waals surface area contributed by atoms with Gasteiger partial charge in [-0.2, -0.15) is 0 Å². The van der Waals surface area contributed by atoms with E-state index in [9.17, 15) is 4.79 Å². The first-order valence-electron chi connectivity index (χ1n) is 9.00. The van der Waals surface area contributed by atoms with Crippen molar-refractivity contribution in [2.45, 2.75) is 20.4 Å². The van der Waals surface area contributed by atoms with E-state index in [-0.39, 0.29) is 0 Å². The van der Waals surface area contributed by atoms with Gasteiger partial charge in [0.2, 0.25) is 0 Å². The van der Waals surface area contributed by atoms with Gasteiger partial charge in [0.05, 0.1) is 24.2 Å². The van der Waals surface area contributed by atoms with Crippen LogP contribution in [0.3, 0.4) is 0 Å². The number of hydrogen-bond donors (Lipinski definition) is 0. The van der Waals surface area contributed by atoms with Gasteiger partial charge in [-0.15, -0.1) is 0 Å². The monoisotopic (exact) mass is 349 g/mol. The lowest BCUT2D eigenvalue weighted by Gasteiger charge is -2.29. The quantitative estimate of drug-likeness (QED) is 0.678. The number of hydrogen-bond acceptors (Lipinski definition) is 4. The Balaban J connectivity index is 1.83. The van der Waals surface area contributed by atoms with Crippen LogP contribution in [0, 0.1) is 13.8 Å². The Bertz CT molecular complexity index is 955. The second-order valence-electron chi connectivity index (χ2n) is 6.79. The number of benzene rings is 2. The lowest BCUT2D eigenvalue weighted by Crippen LogP contribution is -2.36. The van der Waals surface area contributed by atoms with Gasteiger partial charge in [0, 0.05) is 30.9 Å². The minimum Gasteiger partial charge on any atom is -0.378 e. The molecule has 0 amide bonds. The van der Waals surface area contributed by atoms with E-state index in [0.717, 1.165) is 61.7 Å². The van der Waals surface area contributed by atoms with Crippen LogP contribution >= 0.6 is 0 Å². The Morgan fingerprint density at radius 2 is 1.92 bits per heavy atom. The average Bonchev–Trinajstić information content (AvgIpc) is 2.99. The third-order valence-corrected chi connectivity index (χ3v) is 5.15. The Labute approximate surface area is 153 Å². The first-order valence-corrected chi connectivity index (χ1v) is 9.00. The number of anilines is 1. The van der Waals surface area contributed by atoms with Crippen molar-refractivity contribution in [3.05, 3.63) is 58.9 Å². The molecule has 0 atom stereocenters. The van der Waals surface area contributed by atoms with E-state index in [1.165, 1.54) is 11.1 Å². The third-order valence-electron chi connectivity index (χ3n) is 5.15. The highest BCUT2D eigenvalue weighted by molar-refractivity contribution is 5.97. The van der Waals surface area contributed by atoms with Gasteiger partial charge in [-0.1, -0.05) is 24.3 Å². The number of aromatic nitrogens is 2. The second-order valence-corrected chi connectivity index (χ2v) is 6.79. The molecular weight excluding hydrogens is 326 g/mol. The topological polar surface area (TPSA) is 47.4 Å². The van der Waals surface area contributed by atoms with E-state index in [4.69, 9.17) is 4.74 Å². The number of fused-ring (bicyclic) bond motifs is 1. The fourth-order valence-corrected chi connectivity index (χ4v) is 3.60. The average molecular weight is 349 g/mol. The van der Waals surface area contributed by atoms with Gasteiger partial charge >= 0.3 is 0 Å². The van der Waals surface area contributed by atoms with E-state index in [2.05, 4.69) is 51.7 Å². The molecule has 1 fully saturated rings. The van der Waals surface area contributed by atoms with Crippen LogP contribution in [0.5, 0.6) is 0 Å². The van der Waals surface area contributed by atoms with E-state index in [1.807, 2.05) is 13.0 Å². The molecule has 134 valence electrons. The summed E-state index contributed by atoms with van der Waals surface area (Å²) in [6.45, 7) is 8.00. The van der Waals surface area contributed by atoms with Gasteiger partial charge in [-0.3, -0.25) is 4.79 Å². The van der Waals surface area contributed by atoms with E-state index in [0.29, 0.717) is 5.56 Å². The molecule has 2 aromatic carbocycles. The van der Waals surface area contributed by atoms with Gasteiger partial charge in [-0.25, -0.2) is 4.98 Å². The number of aryl methyl sites for hydroxylation is 2. The Kier molecular flexibility index (Phi) is 4.47. The van der Waals surface area contributed by atoms with E-state index in [1.54, 1.807) is 0 Å². The number of morpholine rings is 1. The molecule has 1 aliphatic rings. The lowest BCUT2D eigenvalue weighted by molar-refractivity contribution is 0.112. The summed E-state index contributed by atoms with van der Waals surface area (Å²) in [6.07, 6.45) is 0.914. The number of rotatable bonds is 4. The van der Waals surface area contributed by atoms with Crippen LogP contribution in [0.1, 0.15) is 27.3 Å². The van der Waals surface area contributed by atoms with E-state index >= 15 is 0 Å². The molecule has 0 N–H and O–H groups in total. The molecule has 26 heavy (non-hydrogen) atoms. The SMILES string of the molecule is Cc1ccccc1Cn1c(C)nc2c(C=O)cc(N3CCOCC3)cc21. The van der Waals surface area contributed by atoms with Gasteiger partial charge in [-0.05, 0) is 37.1 Å². The molecule has 1 aromatic heterocycles. The second kappa shape index (κ2) is 6.92. The molecule has 4 rings (SSSR count). The van der Waals surface area contributed by atoms with Crippen molar-refractivity contribution in [3.8, 4) is 0 Å². The largest absolute Gasteiger partial charge is 0.378 e. The normalized spacial score (nSPS) is 14.8. The lowest BCUT2D eigenvalue weighted by atomic mass is 10.1. The molecule has 3 aromatic rings. The Morgan fingerprint density at radius 3 is 2.65 bits per heavy atom. The highest BCUT2D eigenvalue weighted by Gasteiger charge is 2.18. The van der Waals surface area contributed by atoms with E-state index < -0.39 is 0 Å². The third kappa shape index (κ3) is 2.99. The fraction of sp³-hybridized carbons (Fsp3) is 0.333. The summed E-state index contributed by atoms with van der Waals surface area (Å²) in [7, 11) is 0. The maximum atomic E-state index is 11.7. The number of nitrogens with zero attached hydrogens (tertiary/aromatic N) is 3. The Morgan fingerprint density at radius 1 is 1.15 bits per heavy atom. The highest BCUT2D eigenvalue weighted by atomic mass is 16.5. The van der Waals surface area contributed by atoms with Crippen LogP contribution in [-0.2, 0) is 11.3 Å². The van der Waals surface area contributed by atoms with Crippen molar-refractivity contribution in [2.24, 2.45) is 0 Å². The summed E-state index contributed by atoms with van der Waals surface area (Å²) < 4.78 is 7.66. The Hall–Kier alpha value is -2.66. The smallest absolute Gasteiger partial charge is 0.152 e. The van der Waals surface area contributed by atoms with Crippen molar-refractivity contribution in [3.63, 3.8) is 0 Å². The molecule has 0 radical (unpaired) electrons. The summed E-state index contributed by atoms with van der Waals surface area (Å²) >= 11 is 0. The van der Waals surface area contributed by atoms with Gasteiger partial charge in [0.15, 0.2) is 6.29 Å². The standard InChI is InChI=1S/C21H23N3O2/c1-15-5-3-4-6-17(15)13-24-16(2)22-21-18(14-25)11-19(12-20(21)24)23-7-9-26-10-8-23/h3-6,11-12,14H,7-10,13H2,1-2H3. The maximum absolute atomic E-state index is 11.7. The predicted molar refractivity (Wildman–Crippen MR) is 103 cm³/mol. The fourth-order valence-electron chi connectivity index (χ4n) is 3.60. The summed E-state index contributed by atoms with van der Waals surface area (Å²) in [5, 5.41) is 0. The zero-order valence-corrected chi connectivity index (χ0v) is 15.2. The molecule has 5 nitrogen and oxygen atoms in total. The summed E-state index contributed by atoms with van der Waals surface area (Å²) in [4.78, 5) is 18.7. The van der Waals surface area contributed by atoms with Crippen LogP contribution in [0.4, 0.5) is 5.69 Å². The molecule has 0 bridgehead atoms. The molecular formula is C21H23N3O2. The zero-order valence-electron chi connectivity index (χ0n) is 15.2. The highest BCUT2D eigenvalue weighted by Crippen LogP contribution is 2.28. The van der Waals surface area contributed by atoms with Crippen LogP contribution in [0.2, 0.25) is 0 Å². The molecule has 0 aliphatic carbocycles. The number of aldehydes is 1. The minimum absolute atomic E-state index is 0.649. The van der Waals surface area contributed by atoms with Crippen LogP contribution in [0.15, 0.2) is 36.4 Å². The minimum atomic E-state index is 0.649. The van der Waals surface area contributed by atoms with Crippen molar-refractivity contribution >= 4 is 23.0 Å². The summed E-state index contributed by atoms with van der Waals surface area (Å²) in [6, 6.07) is 12.5. The van der Waals surface area contributed by atoms with Gasteiger partial charge in [0.25, 0.3) is 0 Å². The first kappa shape index (κ1) is 16.8. The van der Waals surface area contributed by atoms with Crippen LogP contribution in [-0.4, -0.2) is 42.1 Å². The number of imidazole rings is 1. The molecule has 0 saturated carbocycles. The van der Waals surface area contributed by atoms with Crippen molar-refractivity contribution in [2.75, 3.05) is 31.2 Å². The molecule has 1 saturated heterocycles. The number of ether oxygens (including phenoxy) is 1. The molecule has 5 heteroatoms. The predicted octanol–water partition coefficient (Wildman–Crippen LogP) is 3.35. The first-order chi connectivity index (χ1) is 12.7. The van der Waals surface area contributed by atoms with Gasteiger partial charge < -0.3 is 14.2 Å². The van der Waals surface area contributed by atoms with Crippen LogP contribution in [0.25, 0.3) is 11.0 Å². The summed E-state index contributed by atoms with van der Waals surface area (Å²) in [5.74, 6) is 0.922. The van der Waals surface area contributed by atoms with Gasteiger partial charge in [0.1, 0.15) is 5.82 Å². The van der Waals surface area contributed by atoms with Crippen molar-refractivity contribution in [1.29, 1.82) is 0 Å². The number of carbonyl (C=O) groups excluding carboxylic acids is 1. The molecule has 1 aliphatic heterocycles. The zero-order chi connectivity index (χ0) is 18.1. The van der Waals surface area contributed by atoms with Crippen LogP contribution < -0.4 is 4.90 Å². The molecule has 0 unspecified atom stereocenters. The van der Waals surface area contributed by atoms with Crippen molar-refractivity contribution < 1.29 is 9.53 Å². The summed E-state index contributed by atoms with van der Waals surface area (Å²) in [5.41, 5.74) is 6.03. The molecule has 2 heterocycles.